The van der Waals surface area contributed by atoms with Gasteiger partial charge < -0.3 is 4.74 Å². The van der Waals surface area contributed by atoms with Crippen LogP contribution in [0.15, 0.2) is 59.3 Å². The number of halogens is 1. The van der Waals surface area contributed by atoms with Gasteiger partial charge in [-0.15, -0.1) is 0 Å². The molecule has 0 spiro atoms. The van der Waals surface area contributed by atoms with Gasteiger partial charge in [0.25, 0.3) is 5.91 Å². The van der Waals surface area contributed by atoms with Gasteiger partial charge in [0, 0.05) is 4.47 Å². The van der Waals surface area contributed by atoms with Gasteiger partial charge in [-0.3, -0.25) is 10.2 Å². The predicted molar refractivity (Wildman–Crippen MR) is 95.4 cm³/mol. The summed E-state index contributed by atoms with van der Waals surface area (Å²) in [5.41, 5.74) is 8.53. The van der Waals surface area contributed by atoms with E-state index in [2.05, 4.69) is 37.2 Å². The lowest BCUT2D eigenvalue weighted by Gasteiger charge is -2.10. The summed E-state index contributed by atoms with van der Waals surface area (Å²) in [6, 6.07) is 13.8. The molecule has 0 radical (unpaired) electrons. The summed E-state index contributed by atoms with van der Waals surface area (Å²) in [4.78, 5) is 27.7. The number of amides is 3. The Labute approximate surface area is 151 Å². The summed E-state index contributed by atoms with van der Waals surface area (Å²) in [7, 11) is 0. The van der Waals surface area contributed by atoms with Crippen molar-refractivity contribution < 1.29 is 14.3 Å². The Bertz CT molecular complexity index is 894. The molecule has 3 aromatic rings. The first-order valence-electron chi connectivity index (χ1n) is 7.28. The molecule has 0 fully saturated rings. The van der Waals surface area contributed by atoms with E-state index in [0.29, 0.717) is 5.75 Å². The van der Waals surface area contributed by atoms with E-state index in [1.807, 2.05) is 24.3 Å². The van der Waals surface area contributed by atoms with E-state index < -0.39 is 11.9 Å². The van der Waals surface area contributed by atoms with Crippen molar-refractivity contribution in [2.75, 3.05) is 12.0 Å². The second-order valence-electron chi connectivity index (χ2n) is 4.96. The Kier molecular flexibility index (Phi) is 5.14. The second kappa shape index (κ2) is 7.67. The summed E-state index contributed by atoms with van der Waals surface area (Å²) in [5, 5.41) is 0. The first-order chi connectivity index (χ1) is 12.1. The Balaban J connectivity index is 1.45. The molecule has 0 saturated carbocycles. The van der Waals surface area contributed by atoms with E-state index in [0.717, 1.165) is 15.5 Å². The molecule has 3 rings (SSSR count). The molecular weight excluding hydrogens is 390 g/mol. The van der Waals surface area contributed by atoms with Crippen LogP contribution in [0.1, 0.15) is 0 Å². The topological polar surface area (TPSA) is 97.3 Å². The highest BCUT2D eigenvalue weighted by molar-refractivity contribution is 9.10. The van der Waals surface area contributed by atoms with Crippen LogP contribution >= 0.6 is 15.9 Å². The third-order valence-corrected chi connectivity index (χ3v) is 3.70. The molecular formula is C16H14BrN5O3. The number of ether oxygens (including phenoxy) is 1. The van der Waals surface area contributed by atoms with Crippen molar-refractivity contribution in [3.8, 4) is 5.75 Å². The van der Waals surface area contributed by atoms with Crippen LogP contribution in [0.4, 0.5) is 4.79 Å². The number of para-hydroxylation sites is 2. The standard InChI is InChI=1S/C16H14BrN5O3/c17-11-5-7-12(8-6-11)25-9-15(23)19-20-16(24)21-22-10-18-13-3-1-2-4-14(13)22/h1-8,10H,9H2,(H,19,23)(H2,20,21,24). The van der Waals surface area contributed by atoms with Gasteiger partial charge >= 0.3 is 6.03 Å². The Morgan fingerprint density at radius 2 is 1.84 bits per heavy atom. The summed E-state index contributed by atoms with van der Waals surface area (Å²) < 4.78 is 7.66. The lowest BCUT2D eigenvalue weighted by Crippen LogP contribution is -2.47. The maximum Gasteiger partial charge on any atom is 0.352 e. The third kappa shape index (κ3) is 4.48. The quantitative estimate of drug-likeness (QED) is 0.581. The van der Waals surface area contributed by atoms with Crippen LogP contribution in [0.2, 0.25) is 0 Å². The van der Waals surface area contributed by atoms with Crippen LogP contribution < -0.4 is 21.0 Å². The van der Waals surface area contributed by atoms with E-state index in [4.69, 9.17) is 4.74 Å². The average molecular weight is 404 g/mol. The zero-order valence-electron chi connectivity index (χ0n) is 12.9. The van der Waals surface area contributed by atoms with Gasteiger partial charge in [0.15, 0.2) is 6.61 Å². The molecule has 8 nitrogen and oxygen atoms in total. The Morgan fingerprint density at radius 1 is 1.08 bits per heavy atom. The van der Waals surface area contributed by atoms with Gasteiger partial charge in [-0.2, -0.15) is 0 Å². The largest absolute Gasteiger partial charge is 0.484 e. The fourth-order valence-corrected chi connectivity index (χ4v) is 2.29. The number of aromatic nitrogens is 2. The van der Waals surface area contributed by atoms with Gasteiger partial charge in [-0.1, -0.05) is 28.1 Å². The molecule has 0 unspecified atom stereocenters. The predicted octanol–water partition coefficient (Wildman–Crippen LogP) is 2.16. The fraction of sp³-hybridized carbons (Fsp3) is 0.0625. The summed E-state index contributed by atoms with van der Waals surface area (Å²) in [5.74, 6) is 0.0567. The van der Waals surface area contributed by atoms with Gasteiger partial charge in [0.05, 0.1) is 11.0 Å². The van der Waals surface area contributed by atoms with Crippen molar-refractivity contribution in [1.82, 2.24) is 20.5 Å². The molecule has 2 aromatic carbocycles. The molecule has 1 aromatic heterocycles. The first-order valence-corrected chi connectivity index (χ1v) is 8.07. The number of urea groups is 1. The number of nitrogens with zero attached hydrogens (tertiary/aromatic N) is 2. The van der Waals surface area contributed by atoms with Crippen LogP contribution in [-0.2, 0) is 4.79 Å². The minimum absolute atomic E-state index is 0.226. The number of fused-ring (bicyclic) bond motifs is 1. The highest BCUT2D eigenvalue weighted by Crippen LogP contribution is 2.15. The van der Waals surface area contributed by atoms with Crippen LogP contribution in [0.5, 0.6) is 5.75 Å². The molecule has 25 heavy (non-hydrogen) atoms. The minimum Gasteiger partial charge on any atom is -0.484 e. The number of imidazole rings is 1. The molecule has 0 aliphatic rings. The van der Waals surface area contributed by atoms with E-state index >= 15 is 0 Å². The SMILES string of the molecule is O=C(COc1ccc(Br)cc1)NNC(=O)Nn1cnc2ccccc21. The monoisotopic (exact) mass is 403 g/mol. The molecule has 3 amide bonds. The van der Waals surface area contributed by atoms with Crippen LogP contribution in [0, 0.1) is 0 Å². The summed E-state index contributed by atoms with van der Waals surface area (Å²) >= 11 is 3.31. The highest BCUT2D eigenvalue weighted by Gasteiger charge is 2.07. The Hall–Kier alpha value is -3.07. The molecule has 0 aliphatic heterocycles. The highest BCUT2D eigenvalue weighted by atomic mass is 79.9. The normalized spacial score (nSPS) is 10.3. The van der Waals surface area contributed by atoms with E-state index in [9.17, 15) is 9.59 Å². The fourth-order valence-electron chi connectivity index (χ4n) is 2.03. The van der Waals surface area contributed by atoms with Crippen LogP contribution in [0.25, 0.3) is 11.0 Å². The zero-order valence-corrected chi connectivity index (χ0v) is 14.5. The number of hydrazine groups is 1. The maximum atomic E-state index is 11.8. The van der Waals surface area contributed by atoms with E-state index in [1.54, 1.807) is 24.3 Å². The zero-order chi connectivity index (χ0) is 17.6. The number of benzene rings is 2. The van der Waals surface area contributed by atoms with Crippen LogP contribution in [0.3, 0.4) is 0 Å². The molecule has 0 atom stereocenters. The van der Waals surface area contributed by atoms with Crippen molar-refractivity contribution in [2.24, 2.45) is 0 Å². The Morgan fingerprint density at radius 3 is 2.64 bits per heavy atom. The molecule has 0 aliphatic carbocycles. The lowest BCUT2D eigenvalue weighted by atomic mass is 10.3. The maximum absolute atomic E-state index is 11.8. The van der Waals surface area contributed by atoms with Gasteiger partial charge in [0.2, 0.25) is 0 Å². The molecule has 0 saturated heterocycles. The van der Waals surface area contributed by atoms with Gasteiger partial charge in [-0.25, -0.2) is 25.3 Å². The lowest BCUT2D eigenvalue weighted by molar-refractivity contribution is -0.123. The molecule has 3 N–H and O–H groups in total. The number of hydrogen-bond donors (Lipinski definition) is 3. The van der Waals surface area contributed by atoms with E-state index in [-0.39, 0.29) is 6.61 Å². The van der Waals surface area contributed by atoms with Crippen LogP contribution in [-0.4, -0.2) is 28.2 Å². The number of rotatable bonds is 4. The minimum atomic E-state index is -0.611. The third-order valence-electron chi connectivity index (χ3n) is 3.17. The smallest absolute Gasteiger partial charge is 0.352 e. The number of nitrogens with one attached hydrogen (secondary N) is 3. The molecule has 9 heteroatoms. The van der Waals surface area contributed by atoms with Crippen molar-refractivity contribution in [2.45, 2.75) is 0 Å². The van der Waals surface area contributed by atoms with Crippen molar-refractivity contribution in [3.05, 3.63) is 59.3 Å². The average Bonchev–Trinajstić information content (AvgIpc) is 3.02. The first kappa shape index (κ1) is 16.8. The molecule has 0 bridgehead atoms. The summed E-state index contributed by atoms with van der Waals surface area (Å²) in [6.45, 7) is -0.226. The summed E-state index contributed by atoms with van der Waals surface area (Å²) in [6.07, 6.45) is 1.47. The van der Waals surface area contributed by atoms with Crippen molar-refractivity contribution in [1.29, 1.82) is 0 Å². The number of hydrogen-bond acceptors (Lipinski definition) is 4. The molecule has 1 heterocycles. The van der Waals surface area contributed by atoms with E-state index in [1.165, 1.54) is 11.0 Å². The van der Waals surface area contributed by atoms with Gasteiger partial charge in [0.1, 0.15) is 12.1 Å². The van der Waals surface area contributed by atoms with Crippen molar-refractivity contribution >= 4 is 38.9 Å². The number of carbonyl (C=O) groups is 2. The van der Waals surface area contributed by atoms with Crippen molar-refractivity contribution in [3.63, 3.8) is 0 Å². The molecule has 128 valence electrons. The second-order valence-corrected chi connectivity index (χ2v) is 5.88. The number of carbonyl (C=O) groups excluding carboxylic acids is 2. The van der Waals surface area contributed by atoms with Gasteiger partial charge in [-0.05, 0) is 36.4 Å².